The maximum Gasteiger partial charge on any atom is 0.272 e. The highest BCUT2D eigenvalue weighted by atomic mass is 79.9. The lowest BCUT2D eigenvalue weighted by Gasteiger charge is -2.10. The summed E-state index contributed by atoms with van der Waals surface area (Å²) in [5.74, 6) is -0.116. The number of carbonyl (C=O) groups excluding carboxylic acids is 1. The Morgan fingerprint density at radius 3 is 2.80 bits per heavy atom. The number of anilines is 1. The smallest absolute Gasteiger partial charge is 0.272 e. The molecule has 0 bridgehead atoms. The first kappa shape index (κ1) is 13.7. The molecule has 0 atom stereocenters. The van der Waals surface area contributed by atoms with Crippen molar-refractivity contribution in [2.45, 2.75) is 25.8 Å². The first-order valence-electron chi connectivity index (χ1n) is 6.49. The van der Waals surface area contributed by atoms with Crippen LogP contribution in [-0.4, -0.2) is 10.5 Å². The Hall–Kier alpha value is -1.26. The molecule has 1 aromatic heterocycles. The van der Waals surface area contributed by atoms with Crippen molar-refractivity contribution in [1.82, 2.24) is 4.57 Å². The van der Waals surface area contributed by atoms with Gasteiger partial charge in [0.05, 0.1) is 5.02 Å². The molecule has 1 aliphatic rings. The van der Waals surface area contributed by atoms with Crippen molar-refractivity contribution in [2.75, 3.05) is 5.32 Å². The van der Waals surface area contributed by atoms with Crippen molar-refractivity contribution < 1.29 is 4.79 Å². The van der Waals surface area contributed by atoms with E-state index in [0.29, 0.717) is 16.8 Å². The monoisotopic (exact) mass is 352 g/mol. The molecular formula is C15H14BrClN2O. The number of nitrogens with zero attached hydrogens (tertiary/aromatic N) is 1. The molecule has 1 aromatic carbocycles. The van der Waals surface area contributed by atoms with Crippen LogP contribution in [0, 0.1) is 6.92 Å². The first-order chi connectivity index (χ1) is 9.54. The molecule has 0 radical (unpaired) electrons. The van der Waals surface area contributed by atoms with Crippen LogP contribution in [-0.2, 0) is 0 Å². The molecule has 0 unspecified atom stereocenters. The molecule has 3 nitrogen and oxygen atoms in total. The number of carbonyl (C=O) groups is 1. The van der Waals surface area contributed by atoms with Crippen molar-refractivity contribution in [3.63, 3.8) is 0 Å². The van der Waals surface area contributed by atoms with E-state index in [2.05, 4.69) is 21.2 Å². The number of rotatable bonds is 3. The van der Waals surface area contributed by atoms with E-state index in [0.717, 1.165) is 28.6 Å². The number of hydrogen-bond donors (Lipinski definition) is 1. The number of halogens is 2. The lowest BCUT2D eigenvalue weighted by molar-refractivity contribution is 0.101. The van der Waals surface area contributed by atoms with Crippen LogP contribution < -0.4 is 5.32 Å². The van der Waals surface area contributed by atoms with E-state index in [1.807, 2.05) is 35.9 Å². The maximum absolute atomic E-state index is 12.4. The molecule has 1 amide bonds. The highest BCUT2D eigenvalue weighted by Gasteiger charge is 2.27. The number of hydrogen-bond acceptors (Lipinski definition) is 1. The highest BCUT2D eigenvalue weighted by molar-refractivity contribution is 9.10. The van der Waals surface area contributed by atoms with E-state index in [1.54, 1.807) is 6.07 Å². The molecular weight excluding hydrogens is 340 g/mol. The molecule has 1 heterocycles. The summed E-state index contributed by atoms with van der Waals surface area (Å²) in [6, 6.07) is 7.93. The number of aryl methyl sites for hydroxylation is 1. The average Bonchev–Trinajstić information content (AvgIpc) is 3.16. The second kappa shape index (κ2) is 5.26. The van der Waals surface area contributed by atoms with Crippen molar-refractivity contribution in [1.29, 1.82) is 0 Å². The number of nitrogens with one attached hydrogen (secondary N) is 1. The fourth-order valence-electron chi connectivity index (χ4n) is 2.24. The van der Waals surface area contributed by atoms with Gasteiger partial charge >= 0.3 is 0 Å². The van der Waals surface area contributed by atoms with Gasteiger partial charge in [0.25, 0.3) is 5.91 Å². The summed E-state index contributed by atoms with van der Waals surface area (Å²) >= 11 is 9.44. The number of amides is 1. The quantitative estimate of drug-likeness (QED) is 0.845. The number of benzene rings is 1. The minimum absolute atomic E-state index is 0.116. The van der Waals surface area contributed by atoms with Crippen LogP contribution in [0.2, 0.25) is 5.02 Å². The predicted octanol–water partition coefficient (Wildman–Crippen LogP) is 4.80. The zero-order valence-electron chi connectivity index (χ0n) is 11.0. The molecule has 0 aliphatic heterocycles. The van der Waals surface area contributed by atoms with Crippen molar-refractivity contribution in [3.05, 3.63) is 51.2 Å². The lowest BCUT2D eigenvalue weighted by Crippen LogP contribution is -2.16. The third kappa shape index (κ3) is 2.76. The maximum atomic E-state index is 12.4. The summed E-state index contributed by atoms with van der Waals surface area (Å²) < 4.78 is 2.98. The van der Waals surface area contributed by atoms with Gasteiger partial charge in [0, 0.05) is 22.4 Å². The Labute approximate surface area is 131 Å². The third-order valence-corrected chi connectivity index (χ3v) is 4.12. The molecule has 0 saturated heterocycles. The fraction of sp³-hybridized carbons (Fsp3) is 0.267. The molecule has 3 rings (SSSR count). The summed E-state index contributed by atoms with van der Waals surface area (Å²) in [4.78, 5) is 12.4. The third-order valence-electron chi connectivity index (χ3n) is 3.42. The van der Waals surface area contributed by atoms with Crippen LogP contribution in [0.5, 0.6) is 0 Å². The van der Waals surface area contributed by atoms with Gasteiger partial charge in [0.2, 0.25) is 0 Å². The van der Waals surface area contributed by atoms with Crippen LogP contribution in [0.1, 0.15) is 34.9 Å². The molecule has 5 heteroatoms. The standard InChI is InChI=1S/C15H14BrClN2O/c1-9-6-10(16)2-5-13(9)18-15(20)14-7-11(17)8-19(14)12-3-4-12/h2,5-8,12H,3-4H2,1H3,(H,18,20). The second-order valence-corrected chi connectivity index (χ2v) is 6.45. The normalized spacial score (nSPS) is 14.3. The van der Waals surface area contributed by atoms with Crippen molar-refractivity contribution in [3.8, 4) is 0 Å². The Morgan fingerprint density at radius 2 is 2.15 bits per heavy atom. The van der Waals surface area contributed by atoms with E-state index in [-0.39, 0.29) is 5.91 Å². The molecule has 1 saturated carbocycles. The van der Waals surface area contributed by atoms with Gasteiger partial charge in [-0.15, -0.1) is 0 Å². The van der Waals surface area contributed by atoms with Crippen LogP contribution in [0.25, 0.3) is 0 Å². The Balaban J connectivity index is 1.86. The minimum Gasteiger partial charge on any atom is -0.339 e. The van der Waals surface area contributed by atoms with Crippen LogP contribution in [0.4, 0.5) is 5.69 Å². The van der Waals surface area contributed by atoms with E-state index in [9.17, 15) is 4.79 Å². The first-order valence-corrected chi connectivity index (χ1v) is 7.66. The summed E-state index contributed by atoms with van der Waals surface area (Å²) in [6.07, 6.45) is 4.06. The van der Waals surface area contributed by atoms with Crippen molar-refractivity contribution in [2.24, 2.45) is 0 Å². The molecule has 20 heavy (non-hydrogen) atoms. The van der Waals surface area contributed by atoms with Crippen molar-refractivity contribution >= 4 is 39.1 Å². The van der Waals surface area contributed by atoms with Gasteiger partial charge in [-0.2, -0.15) is 0 Å². The Bertz CT molecular complexity index is 677. The molecule has 1 aliphatic carbocycles. The largest absolute Gasteiger partial charge is 0.339 e. The van der Waals surface area contributed by atoms with Gasteiger partial charge in [0.15, 0.2) is 0 Å². The highest BCUT2D eigenvalue weighted by Crippen LogP contribution is 2.37. The van der Waals surface area contributed by atoms with Crippen LogP contribution in [0.15, 0.2) is 34.9 Å². The predicted molar refractivity (Wildman–Crippen MR) is 84.5 cm³/mol. The zero-order valence-corrected chi connectivity index (χ0v) is 13.3. The Morgan fingerprint density at radius 1 is 1.40 bits per heavy atom. The Kier molecular flexibility index (Phi) is 3.61. The van der Waals surface area contributed by atoms with Gasteiger partial charge in [-0.3, -0.25) is 4.79 Å². The fourth-order valence-corrected chi connectivity index (χ4v) is 2.92. The second-order valence-electron chi connectivity index (χ2n) is 5.10. The van der Waals surface area contributed by atoms with Gasteiger partial charge in [-0.1, -0.05) is 27.5 Å². The molecule has 0 spiro atoms. The summed E-state index contributed by atoms with van der Waals surface area (Å²) in [7, 11) is 0. The van der Waals surface area contributed by atoms with E-state index >= 15 is 0 Å². The van der Waals surface area contributed by atoms with Gasteiger partial charge in [0.1, 0.15) is 5.69 Å². The molecule has 1 N–H and O–H groups in total. The van der Waals surface area contributed by atoms with E-state index in [4.69, 9.17) is 11.6 Å². The minimum atomic E-state index is -0.116. The van der Waals surface area contributed by atoms with E-state index in [1.165, 1.54) is 0 Å². The van der Waals surface area contributed by atoms with Gasteiger partial charge in [-0.25, -0.2) is 0 Å². The summed E-state index contributed by atoms with van der Waals surface area (Å²) in [6.45, 7) is 1.97. The summed E-state index contributed by atoms with van der Waals surface area (Å²) in [5.41, 5.74) is 2.46. The molecule has 2 aromatic rings. The lowest BCUT2D eigenvalue weighted by atomic mass is 10.2. The van der Waals surface area contributed by atoms with Crippen LogP contribution in [0.3, 0.4) is 0 Å². The zero-order chi connectivity index (χ0) is 14.3. The van der Waals surface area contributed by atoms with E-state index < -0.39 is 0 Å². The average molecular weight is 354 g/mol. The summed E-state index contributed by atoms with van der Waals surface area (Å²) in [5, 5.41) is 3.56. The molecule has 104 valence electrons. The van der Waals surface area contributed by atoms with Gasteiger partial charge < -0.3 is 9.88 Å². The number of aromatic nitrogens is 1. The SMILES string of the molecule is Cc1cc(Br)ccc1NC(=O)c1cc(Cl)cn1C1CC1. The van der Waals surface area contributed by atoms with Gasteiger partial charge in [-0.05, 0) is 49.6 Å². The topological polar surface area (TPSA) is 34.0 Å². The van der Waals surface area contributed by atoms with Crippen LogP contribution >= 0.6 is 27.5 Å². The molecule has 1 fully saturated rings.